The highest BCUT2D eigenvalue weighted by Gasteiger charge is 2.41. The summed E-state index contributed by atoms with van der Waals surface area (Å²) in [5.74, 6) is -1.72. The molecule has 1 heterocycles. The van der Waals surface area contributed by atoms with E-state index in [-0.39, 0.29) is 5.92 Å². The molecule has 0 aromatic heterocycles. The molecule has 1 aliphatic rings. The van der Waals surface area contributed by atoms with Crippen molar-refractivity contribution in [3.05, 3.63) is 102 Å². The van der Waals surface area contributed by atoms with Gasteiger partial charge in [0.15, 0.2) is 0 Å². The van der Waals surface area contributed by atoms with Gasteiger partial charge in [-0.3, -0.25) is 0 Å². The Balaban J connectivity index is 0.000000559. The normalized spacial score (nSPS) is 14.5. The van der Waals surface area contributed by atoms with Gasteiger partial charge in [-0.05, 0) is 67.1 Å². The van der Waals surface area contributed by atoms with E-state index in [1.54, 1.807) is 0 Å². The quantitative estimate of drug-likeness (QED) is 0.325. The van der Waals surface area contributed by atoms with E-state index in [1.165, 1.54) is 0 Å². The van der Waals surface area contributed by atoms with Crippen LogP contribution in [-0.2, 0) is 16.8 Å². The largest absolute Gasteiger partial charge is 0.494 e. The first-order valence-corrected chi connectivity index (χ1v) is 13.1. The number of carbonyl (C=O) groups is 1. The van der Waals surface area contributed by atoms with Gasteiger partial charge >= 0.3 is 12.1 Å². The number of hydrogen-bond acceptors (Lipinski definition) is 5. The van der Waals surface area contributed by atoms with Gasteiger partial charge in [0.2, 0.25) is 0 Å². The van der Waals surface area contributed by atoms with Crippen molar-refractivity contribution in [3.63, 3.8) is 0 Å². The van der Waals surface area contributed by atoms with Crippen LogP contribution in [0.1, 0.15) is 36.0 Å². The second-order valence-corrected chi connectivity index (χ2v) is 9.60. The molecule has 1 aliphatic heterocycles. The maximum Gasteiger partial charge on any atom is 0.490 e. The summed E-state index contributed by atoms with van der Waals surface area (Å²) in [6.07, 6.45) is -1.77. The number of carboxylic acids is 1. The Hall–Kier alpha value is -3.87. The van der Waals surface area contributed by atoms with E-state index in [1.807, 2.05) is 84.9 Å². The third kappa shape index (κ3) is 8.57. The lowest BCUT2D eigenvalue weighted by molar-refractivity contribution is -0.192. The molecule has 0 radical (unpaired) electrons. The lowest BCUT2D eigenvalue weighted by Crippen LogP contribution is -2.44. The molecule has 40 heavy (non-hydrogen) atoms. The topological polar surface area (TPSA) is 93.8 Å². The first kappa shape index (κ1) is 30.7. The molecule has 3 aromatic rings. The zero-order valence-corrected chi connectivity index (χ0v) is 22.1. The van der Waals surface area contributed by atoms with Crippen molar-refractivity contribution in [3.8, 4) is 11.8 Å². The fourth-order valence-electron chi connectivity index (χ4n) is 4.87. The van der Waals surface area contributed by atoms with Gasteiger partial charge in [-0.15, -0.1) is 0 Å². The summed E-state index contributed by atoms with van der Waals surface area (Å²) in [6, 6.07) is 30.1. The molecule has 1 saturated heterocycles. The average Bonchev–Trinajstić information content (AvgIpc) is 2.97. The van der Waals surface area contributed by atoms with Crippen molar-refractivity contribution in [2.45, 2.75) is 37.5 Å². The number of rotatable bonds is 9. The van der Waals surface area contributed by atoms with Gasteiger partial charge in [0.25, 0.3) is 0 Å². The fourth-order valence-corrected chi connectivity index (χ4v) is 4.87. The Morgan fingerprint density at radius 3 is 1.88 bits per heavy atom. The third-order valence-corrected chi connectivity index (χ3v) is 6.94. The van der Waals surface area contributed by atoms with Crippen LogP contribution in [0.25, 0.3) is 0 Å². The molecule has 3 aromatic carbocycles. The Bertz CT molecular complexity index is 1180. The van der Waals surface area contributed by atoms with E-state index in [9.17, 15) is 18.3 Å². The van der Waals surface area contributed by atoms with Crippen LogP contribution in [0, 0.1) is 17.2 Å². The molecule has 2 N–H and O–H groups in total. The van der Waals surface area contributed by atoms with Gasteiger partial charge in [-0.1, -0.05) is 72.8 Å². The number of ether oxygens (including phenoxy) is 1. The molecular weight excluding hydrogens is 521 g/mol. The Labute approximate surface area is 232 Å². The standard InChI is InChI=1S/C29H32N2O2.C2HF3O2/c30-19-16-24-12-14-28(15-13-24)33-23-7-20-31-21-17-27(18-22-31)29(32,25-8-3-1-4-9-25)26-10-5-2-6-11-26;3-2(4,5)1(6)7/h1-6,8-15,27,32H,7,16-18,20-23H2;(H,6,7). The molecule has 0 spiro atoms. The molecule has 0 atom stereocenters. The van der Waals surface area contributed by atoms with E-state index < -0.39 is 17.7 Å². The third-order valence-electron chi connectivity index (χ3n) is 6.94. The number of hydrogen-bond donors (Lipinski definition) is 2. The molecule has 9 heteroatoms. The minimum absolute atomic E-state index is 0.182. The lowest BCUT2D eigenvalue weighted by Gasteiger charge is -2.42. The van der Waals surface area contributed by atoms with Crippen molar-refractivity contribution < 1.29 is 32.9 Å². The summed E-state index contributed by atoms with van der Waals surface area (Å²) in [4.78, 5) is 11.4. The van der Waals surface area contributed by atoms with Gasteiger partial charge in [-0.25, -0.2) is 4.79 Å². The highest BCUT2D eigenvalue weighted by Crippen LogP contribution is 2.41. The van der Waals surface area contributed by atoms with Gasteiger partial charge < -0.3 is 19.8 Å². The molecule has 0 saturated carbocycles. The van der Waals surface area contributed by atoms with Crippen molar-refractivity contribution >= 4 is 5.97 Å². The van der Waals surface area contributed by atoms with Gasteiger partial charge in [0.1, 0.15) is 11.4 Å². The number of carboxylic acid groups (broad SMARTS) is 1. The van der Waals surface area contributed by atoms with Crippen LogP contribution in [0.5, 0.6) is 5.75 Å². The monoisotopic (exact) mass is 554 g/mol. The average molecular weight is 555 g/mol. The number of aliphatic carboxylic acids is 1. The second kappa shape index (κ2) is 14.5. The Morgan fingerprint density at radius 2 is 1.43 bits per heavy atom. The highest BCUT2D eigenvalue weighted by molar-refractivity contribution is 5.73. The van der Waals surface area contributed by atoms with Crippen LogP contribution in [-0.4, -0.2) is 53.5 Å². The van der Waals surface area contributed by atoms with Crippen LogP contribution in [0.15, 0.2) is 84.9 Å². The maximum absolute atomic E-state index is 12.0. The number of nitriles is 1. The van der Waals surface area contributed by atoms with E-state index >= 15 is 0 Å². The number of aliphatic hydroxyl groups is 1. The second-order valence-electron chi connectivity index (χ2n) is 9.60. The van der Waals surface area contributed by atoms with Gasteiger partial charge in [-0.2, -0.15) is 18.4 Å². The summed E-state index contributed by atoms with van der Waals surface area (Å²) in [7, 11) is 0. The number of nitrogens with zero attached hydrogens (tertiary/aromatic N) is 2. The summed E-state index contributed by atoms with van der Waals surface area (Å²) in [5.41, 5.74) is 2.00. The maximum atomic E-state index is 12.0. The van der Waals surface area contributed by atoms with Gasteiger partial charge in [0.05, 0.1) is 19.1 Å². The molecule has 0 bridgehead atoms. The molecular formula is C31H33F3N2O4. The summed E-state index contributed by atoms with van der Waals surface area (Å²) < 4.78 is 37.6. The predicted molar refractivity (Wildman–Crippen MR) is 145 cm³/mol. The van der Waals surface area contributed by atoms with Gasteiger partial charge in [0, 0.05) is 6.54 Å². The lowest BCUT2D eigenvalue weighted by atomic mass is 9.72. The molecule has 4 rings (SSSR count). The van der Waals surface area contributed by atoms with E-state index in [4.69, 9.17) is 19.9 Å². The fraction of sp³-hybridized carbons (Fsp3) is 0.355. The number of piperidine rings is 1. The van der Waals surface area contributed by atoms with Crippen molar-refractivity contribution in [2.24, 2.45) is 5.92 Å². The first-order chi connectivity index (χ1) is 19.1. The molecule has 1 fully saturated rings. The zero-order valence-electron chi connectivity index (χ0n) is 22.1. The van der Waals surface area contributed by atoms with Crippen LogP contribution in [0.2, 0.25) is 0 Å². The van der Waals surface area contributed by atoms with E-state index in [0.717, 1.165) is 61.3 Å². The van der Waals surface area contributed by atoms with Crippen LogP contribution in [0.4, 0.5) is 13.2 Å². The molecule has 212 valence electrons. The Kier molecular flexibility index (Phi) is 11.1. The van der Waals surface area contributed by atoms with Crippen molar-refractivity contribution in [2.75, 3.05) is 26.2 Å². The minimum atomic E-state index is -5.08. The first-order valence-electron chi connectivity index (χ1n) is 13.1. The number of alkyl halides is 3. The zero-order chi connectivity index (χ0) is 29.0. The number of benzene rings is 3. The van der Waals surface area contributed by atoms with Crippen molar-refractivity contribution in [1.29, 1.82) is 5.26 Å². The summed E-state index contributed by atoms with van der Waals surface area (Å²) >= 11 is 0. The molecule has 0 unspecified atom stereocenters. The molecule has 0 amide bonds. The van der Waals surface area contributed by atoms with Crippen LogP contribution < -0.4 is 4.74 Å². The summed E-state index contributed by atoms with van der Waals surface area (Å²) in [6.45, 7) is 3.63. The predicted octanol–water partition coefficient (Wildman–Crippen LogP) is 5.80. The SMILES string of the molecule is N#CCc1ccc(OCCCN2CCC(C(O)(c3ccccc3)c3ccccc3)CC2)cc1.O=C(O)C(F)(F)F. The Morgan fingerprint density at radius 1 is 0.925 bits per heavy atom. The smallest absolute Gasteiger partial charge is 0.490 e. The van der Waals surface area contributed by atoms with Crippen LogP contribution in [0.3, 0.4) is 0 Å². The van der Waals surface area contributed by atoms with E-state index in [2.05, 4.69) is 11.0 Å². The van der Waals surface area contributed by atoms with E-state index in [0.29, 0.717) is 13.0 Å². The highest BCUT2D eigenvalue weighted by atomic mass is 19.4. The minimum Gasteiger partial charge on any atom is -0.494 e. The van der Waals surface area contributed by atoms with Crippen molar-refractivity contribution in [1.82, 2.24) is 4.90 Å². The number of likely N-dealkylation sites (tertiary alicyclic amines) is 1. The molecule has 6 nitrogen and oxygen atoms in total. The molecule has 0 aliphatic carbocycles. The van der Waals surface area contributed by atoms with Crippen LogP contribution >= 0.6 is 0 Å². The summed E-state index contributed by atoms with van der Waals surface area (Å²) in [5, 5.41) is 27.9. The number of halogens is 3.